The molecule has 3 aliphatic rings. The third-order valence-electron chi connectivity index (χ3n) is 22.1. The number of benzene rings is 14. The van der Waals surface area contributed by atoms with E-state index >= 15 is 0 Å². The molecule has 0 bridgehead atoms. The molecule has 486 valence electrons. The van der Waals surface area contributed by atoms with E-state index in [0.717, 1.165) is 78.6 Å². The lowest BCUT2D eigenvalue weighted by atomic mass is 9.33. The van der Waals surface area contributed by atoms with Crippen molar-refractivity contribution in [2.45, 2.75) is 84.0 Å². The number of rotatable bonds is 9. The Balaban J connectivity index is 1.04. The molecule has 1 aromatic heterocycles. The molecule has 101 heavy (non-hydrogen) atoms. The summed E-state index contributed by atoms with van der Waals surface area (Å²) in [4.78, 5) is 5.45. The molecule has 14 aromatic carbocycles. The van der Waals surface area contributed by atoms with Crippen molar-refractivity contribution in [1.29, 1.82) is 0 Å². The van der Waals surface area contributed by atoms with Crippen LogP contribution in [0.1, 0.15) is 101 Å². The van der Waals surface area contributed by atoms with Crippen molar-refractivity contribution >= 4 is 79.0 Å². The summed E-state index contributed by atoms with van der Waals surface area (Å²) in [6, 6.07) is 123. The molecule has 0 fully saturated rings. The minimum absolute atomic E-state index is 0.0549. The van der Waals surface area contributed by atoms with Crippen molar-refractivity contribution in [2.24, 2.45) is 0 Å². The number of hydrogen-bond donors (Lipinski definition) is 0. The smallest absolute Gasteiger partial charge is 0.252 e. The molecular weight excluding hydrogens is 1220 g/mol. The summed E-state index contributed by atoms with van der Waals surface area (Å²) in [5, 5.41) is 2.53. The maximum Gasteiger partial charge on any atom is 0.252 e. The average molecular weight is 1300 g/mol. The second-order valence-corrected chi connectivity index (χ2v) is 31.2. The fourth-order valence-electron chi connectivity index (χ4n) is 17.2. The SMILES string of the molecule is CC(C)(C)c1cc2c3c(c1)N(c1c(-c4ccccc4)cccc1-c1ccccc1)c1cc4c(cc1B3c1ccc(-n3c5ccc(C(C)(C)C)cc5c5cc(C(C)(C)C)ccc53)cc1N2c1c(-c2ccccc2)cccc1-c1ccccc1)C(c1ccccc1)(c1ccccc1)c1ccccc1-4. The first-order valence-corrected chi connectivity index (χ1v) is 35.9. The van der Waals surface area contributed by atoms with Crippen LogP contribution in [0.4, 0.5) is 34.1 Å². The molecule has 1 aliphatic carbocycles. The fourth-order valence-corrected chi connectivity index (χ4v) is 17.2. The van der Waals surface area contributed by atoms with Crippen LogP contribution in [0.5, 0.6) is 0 Å². The molecule has 0 amide bonds. The Morgan fingerprint density at radius 2 is 0.663 bits per heavy atom. The van der Waals surface area contributed by atoms with E-state index in [-0.39, 0.29) is 23.0 Å². The minimum Gasteiger partial charge on any atom is -0.310 e. The van der Waals surface area contributed by atoms with Gasteiger partial charge in [-0.2, -0.15) is 0 Å². The van der Waals surface area contributed by atoms with Crippen LogP contribution in [0.25, 0.3) is 83.1 Å². The second kappa shape index (κ2) is 23.3. The molecule has 3 nitrogen and oxygen atoms in total. The molecule has 0 saturated heterocycles. The van der Waals surface area contributed by atoms with Crippen molar-refractivity contribution in [3.05, 3.63) is 360 Å². The van der Waals surface area contributed by atoms with Gasteiger partial charge in [-0.05, 0) is 160 Å². The van der Waals surface area contributed by atoms with Gasteiger partial charge < -0.3 is 14.4 Å². The van der Waals surface area contributed by atoms with Crippen molar-refractivity contribution in [1.82, 2.24) is 4.57 Å². The highest BCUT2D eigenvalue weighted by Gasteiger charge is 2.51. The average Bonchev–Trinajstić information content (AvgIpc) is 1.67. The van der Waals surface area contributed by atoms with Gasteiger partial charge in [-0.1, -0.05) is 329 Å². The van der Waals surface area contributed by atoms with Gasteiger partial charge in [-0.15, -0.1) is 0 Å². The summed E-state index contributed by atoms with van der Waals surface area (Å²) in [5.74, 6) is 0. The van der Waals surface area contributed by atoms with E-state index in [9.17, 15) is 0 Å². The lowest BCUT2D eigenvalue weighted by molar-refractivity contribution is 0.590. The predicted molar refractivity (Wildman–Crippen MR) is 430 cm³/mol. The van der Waals surface area contributed by atoms with Crippen LogP contribution in [0.2, 0.25) is 0 Å². The summed E-state index contributed by atoms with van der Waals surface area (Å²) in [6.45, 7) is 20.9. The Labute approximate surface area is 595 Å². The first-order chi connectivity index (χ1) is 49.0. The van der Waals surface area contributed by atoms with Gasteiger partial charge in [0.1, 0.15) is 0 Å². The maximum absolute atomic E-state index is 2.73. The number of nitrogens with zero attached hydrogens (tertiary/aromatic N) is 3. The van der Waals surface area contributed by atoms with Crippen LogP contribution in [0.15, 0.2) is 322 Å². The number of aromatic nitrogens is 1. The van der Waals surface area contributed by atoms with Gasteiger partial charge in [0.15, 0.2) is 0 Å². The van der Waals surface area contributed by atoms with E-state index in [1.165, 1.54) is 94.0 Å². The molecule has 3 heterocycles. The normalized spacial score (nSPS) is 13.6. The monoisotopic (exact) mass is 1300 g/mol. The third-order valence-corrected chi connectivity index (χ3v) is 22.1. The van der Waals surface area contributed by atoms with Gasteiger partial charge in [0.25, 0.3) is 6.71 Å². The summed E-state index contributed by atoms with van der Waals surface area (Å²) in [5.41, 5.74) is 33.6. The molecule has 15 aromatic rings. The zero-order valence-electron chi connectivity index (χ0n) is 59.0. The number of fused-ring (bicyclic) bond motifs is 10. The third kappa shape index (κ3) is 9.77. The standard InChI is InChI=1S/C97H80BN3/c1-94(2,3)69-50-54-85-79(56-69)80-57-70(95(4,5)6)51-55-86(80)99(85)72-52-53-83-87(60-72)100(92-73(63-32-16-10-17-33-63)45-30-46-74(92)64-34-18-11-19-35-64)89-58-71(96(7,8)9)59-90-91(89)98(83)84-62-82-78(77-44-28-29-49-81(77)97(82,67-40-24-14-25-41-67)68-42-26-15-27-43-68)61-88(84)101(90)93-75(65-36-20-12-21-37-65)47-31-48-76(93)66-38-22-13-23-39-66/h10-62H,1-9H3. The molecule has 0 spiro atoms. The van der Waals surface area contributed by atoms with Crippen molar-refractivity contribution < 1.29 is 0 Å². The first-order valence-electron chi connectivity index (χ1n) is 35.9. The van der Waals surface area contributed by atoms with Crippen LogP contribution < -0.4 is 26.2 Å². The Bertz CT molecular complexity index is 5530. The topological polar surface area (TPSA) is 11.4 Å². The van der Waals surface area contributed by atoms with E-state index in [1.54, 1.807) is 0 Å². The van der Waals surface area contributed by atoms with Crippen LogP contribution in [-0.4, -0.2) is 11.3 Å². The van der Waals surface area contributed by atoms with E-state index < -0.39 is 5.41 Å². The zero-order chi connectivity index (χ0) is 68.7. The van der Waals surface area contributed by atoms with Crippen LogP contribution >= 0.6 is 0 Å². The summed E-state index contributed by atoms with van der Waals surface area (Å²) in [7, 11) is 0. The van der Waals surface area contributed by atoms with Crippen molar-refractivity contribution in [2.75, 3.05) is 9.80 Å². The molecule has 4 heteroatoms. The van der Waals surface area contributed by atoms with E-state index in [1.807, 2.05) is 0 Å². The van der Waals surface area contributed by atoms with Crippen molar-refractivity contribution in [3.63, 3.8) is 0 Å². The minimum atomic E-state index is -0.673. The molecular formula is C97H80BN3. The highest BCUT2D eigenvalue weighted by atomic mass is 15.2. The molecule has 0 radical (unpaired) electrons. The Morgan fingerprint density at radius 1 is 0.277 bits per heavy atom. The van der Waals surface area contributed by atoms with Crippen LogP contribution in [0.3, 0.4) is 0 Å². The Morgan fingerprint density at radius 3 is 1.09 bits per heavy atom. The number of hydrogen-bond acceptors (Lipinski definition) is 2. The molecule has 0 atom stereocenters. The van der Waals surface area contributed by atoms with E-state index in [4.69, 9.17) is 0 Å². The summed E-state index contributed by atoms with van der Waals surface area (Å²) >= 11 is 0. The maximum atomic E-state index is 2.73. The lowest BCUT2D eigenvalue weighted by Gasteiger charge is -2.47. The molecule has 0 unspecified atom stereocenters. The highest BCUT2D eigenvalue weighted by molar-refractivity contribution is 7.00. The fraction of sp³-hybridized carbons (Fsp3) is 0.134. The zero-order valence-corrected chi connectivity index (χ0v) is 59.0. The van der Waals surface area contributed by atoms with Crippen LogP contribution in [0, 0.1) is 0 Å². The van der Waals surface area contributed by atoms with Crippen molar-refractivity contribution in [3.8, 4) is 61.3 Å². The lowest BCUT2D eigenvalue weighted by Crippen LogP contribution is -2.61. The summed E-state index contributed by atoms with van der Waals surface area (Å²) in [6.07, 6.45) is 0. The molecule has 0 N–H and O–H groups in total. The molecule has 18 rings (SSSR count). The Kier molecular flexibility index (Phi) is 14.3. The largest absolute Gasteiger partial charge is 0.310 e. The Hall–Kier alpha value is -11.5. The number of para-hydroxylation sites is 2. The quantitative estimate of drug-likeness (QED) is 0.133. The second-order valence-electron chi connectivity index (χ2n) is 31.2. The molecule has 0 saturated carbocycles. The van der Waals surface area contributed by atoms with E-state index in [2.05, 4.69) is 398 Å². The highest BCUT2D eigenvalue weighted by Crippen LogP contribution is 2.60. The van der Waals surface area contributed by atoms with Gasteiger partial charge in [-0.3, -0.25) is 0 Å². The first kappa shape index (κ1) is 61.8. The van der Waals surface area contributed by atoms with E-state index in [0.29, 0.717) is 0 Å². The predicted octanol–water partition coefficient (Wildman–Crippen LogP) is 23.8. The van der Waals surface area contributed by atoms with Gasteiger partial charge in [0.2, 0.25) is 0 Å². The summed E-state index contributed by atoms with van der Waals surface area (Å²) < 4.78 is 2.57. The van der Waals surface area contributed by atoms with Gasteiger partial charge in [-0.25, -0.2) is 0 Å². The van der Waals surface area contributed by atoms with Gasteiger partial charge in [0, 0.05) is 61.5 Å². The van der Waals surface area contributed by atoms with Gasteiger partial charge in [0.05, 0.1) is 27.8 Å². The molecule has 2 aliphatic heterocycles. The number of anilines is 6. The van der Waals surface area contributed by atoms with Crippen LogP contribution in [-0.2, 0) is 21.7 Å². The van der Waals surface area contributed by atoms with Gasteiger partial charge >= 0.3 is 0 Å².